The summed E-state index contributed by atoms with van der Waals surface area (Å²) in [7, 11) is 1.29. The van der Waals surface area contributed by atoms with Gasteiger partial charge in [-0.15, -0.1) is 11.3 Å². The fraction of sp³-hybridized carbons (Fsp3) is 0.538. The zero-order valence-corrected chi connectivity index (χ0v) is 12.1. The van der Waals surface area contributed by atoms with E-state index in [4.69, 9.17) is 10.8 Å². The number of thiophene rings is 1. The lowest BCUT2D eigenvalue weighted by atomic mass is 9.98. The second-order valence-electron chi connectivity index (χ2n) is 4.74. The predicted molar refractivity (Wildman–Crippen MR) is 76.8 cm³/mol. The van der Waals surface area contributed by atoms with Crippen LogP contribution in [0.4, 0.5) is 10.7 Å². The smallest absolute Gasteiger partial charge is 0.350 e. The van der Waals surface area contributed by atoms with Crippen molar-refractivity contribution >= 4 is 28.0 Å². The van der Waals surface area contributed by atoms with Gasteiger partial charge in [-0.25, -0.2) is 4.79 Å². The van der Waals surface area contributed by atoms with Crippen LogP contribution in [0.15, 0.2) is 0 Å². The number of ether oxygens (including phenoxy) is 1. The van der Waals surface area contributed by atoms with Crippen molar-refractivity contribution in [3.05, 3.63) is 10.4 Å². The highest BCUT2D eigenvalue weighted by molar-refractivity contribution is 7.18. The molecule has 0 bridgehead atoms. The van der Waals surface area contributed by atoms with Gasteiger partial charge in [0.15, 0.2) is 0 Å². The van der Waals surface area contributed by atoms with Gasteiger partial charge in [-0.3, -0.25) is 0 Å². The number of hydrogen-bond acceptors (Lipinski definition) is 7. The second-order valence-corrected chi connectivity index (χ2v) is 5.74. The number of anilines is 2. The maximum absolute atomic E-state index is 11.6. The van der Waals surface area contributed by atoms with Crippen LogP contribution in [0.1, 0.15) is 28.1 Å². The Labute approximate surface area is 121 Å². The highest BCUT2D eigenvalue weighted by atomic mass is 32.1. The van der Waals surface area contributed by atoms with Crippen molar-refractivity contribution in [1.29, 1.82) is 5.26 Å². The van der Waals surface area contributed by atoms with E-state index >= 15 is 0 Å². The van der Waals surface area contributed by atoms with Gasteiger partial charge in [-0.2, -0.15) is 5.26 Å². The number of hydrogen-bond donors (Lipinski definition) is 2. The summed E-state index contributed by atoms with van der Waals surface area (Å²) in [6.07, 6.45) is 1.74. The molecule has 6 nitrogen and oxygen atoms in total. The summed E-state index contributed by atoms with van der Waals surface area (Å²) >= 11 is 1.20. The summed E-state index contributed by atoms with van der Waals surface area (Å²) in [5.41, 5.74) is 6.41. The van der Waals surface area contributed by atoms with Crippen molar-refractivity contribution in [2.45, 2.75) is 12.8 Å². The highest BCUT2D eigenvalue weighted by Gasteiger charge is 2.27. The lowest BCUT2D eigenvalue weighted by molar-refractivity contribution is 0.0607. The summed E-state index contributed by atoms with van der Waals surface area (Å²) in [6, 6.07) is 2.07. The molecule has 0 atom stereocenters. The fourth-order valence-electron chi connectivity index (χ4n) is 2.33. The number of rotatable bonds is 3. The fourth-order valence-corrected chi connectivity index (χ4v) is 3.47. The number of nitrogen functional groups attached to an aromatic ring is 1. The van der Waals surface area contributed by atoms with Gasteiger partial charge in [0.05, 0.1) is 12.8 Å². The van der Waals surface area contributed by atoms with Gasteiger partial charge in [0.25, 0.3) is 0 Å². The third-order valence-corrected chi connectivity index (χ3v) is 4.82. The van der Waals surface area contributed by atoms with Crippen LogP contribution in [-0.4, -0.2) is 37.9 Å². The lowest BCUT2D eigenvalue weighted by Gasteiger charge is -2.31. The minimum Gasteiger partial charge on any atom is -0.465 e. The van der Waals surface area contributed by atoms with Crippen LogP contribution in [0.2, 0.25) is 0 Å². The quantitative estimate of drug-likeness (QED) is 0.813. The molecular weight excluding hydrogens is 278 g/mol. The molecule has 0 aromatic carbocycles. The second kappa shape index (κ2) is 6.11. The van der Waals surface area contributed by atoms with E-state index in [1.165, 1.54) is 18.4 Å². The average Bonchev–Trinajstić information content (AvgIpc) is 2.83. The number of piperidine rings is 1. The summed E-state index contributed by atoms with van der Waals surface area (Å²) in [6.45, 7) is 1.69. The molecule has 1 aromatic rings. The van der Waals surface area contributed by atoms with E-state index in [2.05, 4.69) is 15.7 Å². The summed E-state index contributed by atoms with van der Waals surface area (Å²) in [4.78, 5) is 14.0. The van der Waals surface area contributed by atoms with E-state index < -0.39 is 5.97 Å². The zero-order valence-electron chi connectivity index (χ0n) is 11.3. The van der Waals surface area contributed by atoms with Crippen LogP contribution in [-0.2, 0) is 4.74 Å². The van der Waals surface area contributed by atoms with Crippen molar-refractivity contribution in [3.8, 4) is 6.07 Å². The van der Waals surface area contributed by atoms with E-state index in [1.807, 2.05) is 0 Å². The molecule has 1 fully saturated rings. The van der Waals surface area contributed by atoms with Gasteiger partial charge >= 0.3 is 5.97 Å². The SMILES string of the molecule is COC(=O)c1sc(N2CCC(CO)CC2)c(C#N)c1N. The Morgan fingerprint density at radius 2 is 2.25 bits per heavy atom. The molecular formula is C13H17N3O3S. The number of nitriles is 1. The maximum Gasteiger partial charge on any atom is 0.350 e. The highest BCUT2D eigenvalue weighted by Crippen LogP contribution is 2.39. The maximum atomic E-state index is 11.6. The Morgan fingerprint density at radius 3 is 2.75 bits per heavy atom. The summed E-state index contributed by atoms with van der Waals surface area (Å²) < 4.78 is 4.68. The normalized spacial score (nSPS) is 15.9. The van der Waals surface area contributed by atoms with Crippen LogP contribution >= 0.6 is 11.3 Å². The van der Waals surface area contributed by atoms with Crippen molar-refractivity contribution in [1.82, 2.24) is 0 Å². The number of carbonyl (C=O) groups excluding carboxylic acids is 1. The van der Waals surface area contributed by atoms with Crippen molar-refractivity contribution in [2.75, 3.05) is 37.4 Å². The predicted octanol–water partition coefficient (Wildman–Crippen LogP) is 1.20. The Morgan fingerprint density at radius 1 is 1.60 bits per heavy atom. The van der Waals surface area contributed by atoms with Gasteiger partial charge in [-0.1, -0.05) is 0 Å². The van der Waals surface area contributed by atoms with Crippen LogP contribution in [0.25, 0.3) is 0 Å². The standard InChI is InChI=1S/C13H17N3O3S/c1-19-13(18)11-10(15)9(6-14)12(20-11)16-4-2-8(7-17)3-5-16/h8,17H,2-5,7,15H2,1H3. The molecule has 1 aliphatic heterocycles. The monoisotopic (exact) mass is 295 g/mol. The Hall–Kier alpha value is -1.78. The van der Waals surface area contributed by atoms with E-state index in [9.17, 15) is 10.1 Å². The molecule has 1 aliphatic rings. The molecule has 0 radical (unpaired) electrons. The molecule has 0 amide bonds. The van der Waals surface area contributed by atoms with Crippen molar-refractivity contribution in [2.24, 2.45) is 5.92 Å². The number of nitrogens with two attached hydrogens (primary N) is 1. The first-order valence-electron chi connectivity index (χ1n) is 6.38. The largest absolute Gasteiger partial charge is 0.465 e. The minimum absolute atomic E-state index is 0.193. The van der Waals surface area contributed by atoms with Crippen LogP contribution in [0, 0.1) is 17.2 Å². The summed E-state index contributed by atoms with van der Waals surface area (Å²) in [5.74, 6) is -0.199. The molecule has 20 heavy (non-hydrogen) atoms. The molecule has 1 saturated heterocycles. The zero-order chi connectivity index (χ0) is 14.7. The Balaban J connectivity index is 2.28. The third-order valence-electron chi connectivity index (χ3n) is 3.57. The van der Waals surface area contributed by atoms with Crippen LogP contribution in [0.5, 0.6) is 0 Å². The lowest BCUT2D eigenvalue weighted by Crippen LogP contribution is -2.34. The van der Waals surface area contributed by atoms with E-state index in [0.717, 1.165) is 30.9 Å². The average molecular weight is 295 g/mol. The van der Waals surface area contributed by atoms with E-state index in [0.29, 0.717) is 11.5 Å². The molecule has 0 aliphatic carbocycles. The first-order chi connectivity index (χ1) is 9.62. The summed E-state index contributed by atoms with van der Waals surface area (Å²) in [5, 5.41) is 19.1. The van der Waals surface area contributed by atoms with Gasteiger partial charge in [0, 0.05) is 19.7 Å². The van der Waals surface area contributed by atoms with Crippen LogP contribution < -0.4 is 10.6 Å². The molecule has 7 heteroatoms. The Kier molecular flexibility index (Phi) is 4.47. The number of esters is 1. The van der Waals surface area contributed by atoms with Crippen molar-refractivity contribution in [3.63, 3.8) is 0 Å². The molecule has 2 rings (SSSR count). The van der Waals surface area contributed by atoms with Gasteiger partial charge in [-0.05, 0) is 18.8 Å². The van der Waals surface area contributed by atoms with Crippen molar-refractivity contribution < 1.29 is 14.6 Å². The molecule has 0 spiro atoms. The van der Waals surface area contributed by atoms with Gasteiger partial charge in [0.2, 0.25) is 0 Å². The minimum atomic E-state index is -0.513. The molecule has 108 valence electrons. The molecule has 1 aromatic heterocycles. The number of methoxy groups -OCH3 is 1. The number of carbonyl (C=O) groups is 1. The van der Waals surface area contributed by atoms with Gasteiger partial charge in [0.1, 0.15) is 21.5 Å². The molecule has 3 N–H and O–H groups in total. The van der Waals surface area contributed by atoms with Gasteiger partial charge < -0.3 is 20.5 Å². The molecule has 0 unspecified atom stereocenters. The number of aliphatic hydroxyl groups is 1. The van der Waals surface area contributed by atoms with E-state index in [-0.39, 0.29) is 17.2 Å². The molecule has 2 heterocycles. The number of nitrogens with zero attached hydrogens (tertiary/aromatic N) is 2. The first kappa shape index (κ1) is 14.6. The molecule has 0 saturated carbocycles. The Bertz CT molecular complexity index is 542. The number of aliphatic hydroxyl groups excluding tert-OH is 1. The third kappa shape index (κ3) is 2.57. The topological polar surface area (TPSA) is 99.6 Å². The van der Waals surface area contributed by atoms with E-state index in [1.54, 1.807) is 0 Å². The van der Waals surface area contributed by atoms with Crippen LogP contribution in [0.3, 0.4) is 0 Å². The first-order valence-corrected chi connectivity index (χ1v) is 7.20.